The van der Waals surface area contributed by atoms with Gasteiger partial charge in [-0.3, -0.25) is 14.4 Å². The first-order chi connectivity index (χ1) is 15.0. The van der Waals surface area contributed by atoms with Crippen molar-refractivity contribution in [1.29, 1.82) is 5.26 Å². The quantitative estimate of drug-likeness (QED) is 0.664. The number of carbonyl (C=O) groups is 3. The Morgan fingerprint density at radius 1 is 1.13 bits per heavy atom. The van der Waals surface area contributed by atoms with Gasteiger partial charge in [-0.05, 0) is 24.1 Å². The molecule has 0 radical (unpaired) electrons. The highest BCUT2D eigenvalue weighted by molar-refractivity contribution is 5.90. The van der Waals surface area contributed by atoms with Gasteiger partial charge in [0, 0.05) is 39.1 Å². The highest BCUT2D eigenvalue weighted by Crippen LogP contribution is 2.40. The summed E-state index contributed by atoms with van der Waals surface area (Å²) in [7, 11) is 1.61. The van der Waals surface area contributed by atoms with Crippen LogP contribution in [0.1, 0.15) is 44.2 Å². The summed E-state index contributed by atoms with van der Waals surface area (Å²) in [6, 6.07) is 9.16. The minimum atomic E-state index is -0.445. The molecule has 2 aliphatic rings. The molecule has 31 heavy (non-hydrogen) atoms. The molecule has 0 aromatic heterocycles. The van der Waals surface area contributed by atoms with Crippen molar-refractivity contribution in [1.82, 2.24) is 14.7 Å². The Labute approximate surface area is 183 Å². The maximum Gasteiger partial charge on any atom is 0.236 e. The first kappa shape index (κ1) is 22.6. The lowest BCUT2D eigenvalue weighted by Gasteiger charge is -2.37. The predicted molar refractivity (Wildman–Crippen MR) is 114 cm³/mol. The molecule has 166 valence electrons. The third-order valence-corrected chi connectivity index (χ3v) is 6.13. The largest absolute Gasteiger partial charge is 0.497 e. The minimum absolute atomic E-state index is 0.00968. The number of unbranched alkanes of at least 4 members (excludes halogenated alkanes) is 1. The van der Waals surface area contributed by atoms with Crippen LogP contribution in [0, 0.1) is 17.2 Å². The topological polar surface area (TPSA) is 94.0 Å². The zero-order chi connectivity index (χ0) is 22.4. The number of likely N-dealkylation sites (tertiary alicyclic amines) is 1. The Kier molecular flexibility index (Phi) is 7.50. The maximum absolute atomic E-state index is 13.4. The van der Waals surface area contributed by atoms with E-state index in [1.165, 1.54) is 0 Å². The van der Waals surface area contributed by atoms with E-state index in [0.717, 1.165) is 24.2 Å². The zero-order valence-electron chi connectivity index (χ0n) is 18.2. The van der Waals surface area contributed by atoms with E-state index in [4.69, 9.17) is 10.00 Å². The van der Waals surface area contributed by atoms with Crippen molar-refractivity contribution < 1.29 is 19.1 Å². The van der Waals surface area contributed by atoms with Crippen molar-refractivity contribution >= 4 is 17.7 Å². The van der Waals surface area contributed by atoms with Crippen LogP contribution in [0.25, 0.3) is 0 Å². The third kappa shape index (κ3) is 4.98. The number of nitriles is 1. The molecule has 1 aromatic rings. The number of carbonyl (C=O) groups excluding carboxylic acids is 3. The fourth-order valence-corrected chi connectivity index (χ4v) is 4.41. The molecule has 0 bridgehead atoms. The number of hydrogen-bond donors (Lipinski definition) is 0. The summed E-state index contributed by atoms with van der Waals surface area (Å²) in [4.78, 5) is 43.5. The molecule has 8 nitrogen and oxygen atoms in total. The zero-order valence-corrected chi connectivity index (χ0v) is 18.2. The Balaban J connectivity index is 1.77. The maximum atomic E-state index is 13.4. The van der Waals surface area contributed by atoms with Crippen LogP contribution in [0.15, 0.2) is 24.3 Å². The van der Waals surface area contributed by atoms with Crippen LogP contribution >= 0.6 is 0 Å². The van der Waals surface area contributed by atoms with Crippen LogP contribution < -0.4 is 4.74 Å². The first-order valence-corrected chi connectivity index (χ1v) is 10.9. The number of methoxy groups -OCH3 is 1. The van der Waals surface area contributed by atoms with E-state index in [9.17, 15) is 14.4 Å². The molecular weight excluding hydrogens is 396 g/mol. The van der Waals surface area contributed by atoms with Gasteiger partial charge in [-0.25, -0.2) is 0 Å². The molecule has 3 rings (SSSR count). The molecule has 3 amide bonds. The molecule has 2 heterocycles. The van der Waals surface area contributed by atoms with Gasteiger partial charge in [0.05, 0.1) is 25.1 Å². The van der Waals surface area contributed by atoms with Gasteiger partial charge in [0.15, 0.2) is 0 Å². The number of piperazine rings is 1. The van der Waals surface area contributed by atoms with Gasteiger partial charge in [0.1, 0.15) is 12.2 Å². The number of benzene rings is 1. The number of hydrogen-bond acceptors (Lipinski definition) is 5. The van der Waals surface area contributed by atoms with Crippen molar-refractivity contribution in [2.45, 2.75) is 38.6 Å². The molecule has 8 heteroatoms. The Bertz CT molecular complexity index is 840. The second kappa shape index (κ2) is 10.3. The smallest absolute Gasteiger partial charge is 0.236 e. The Morgan fingerprint density at radius 3 is 2.35 bits per heavy atom. The van der Waals surface area contributed by atoms with Crippen LogP contribution in [0.4, 0.5) is 0 Å². The number of amides is 3. The molecule has 2 aliphatic heterocycles. The molecule has 0 aliphatic carbocycles. The lowest BCUT2D eigenvalue weighted by atomic mass is 9.91. The van der Waals surface area contributed by atoms with Crippen molar-refractivity contribution in [2.75, 3.05) is 39.8 Å². The van der Waals surface area contributed by atoms with Crippen LogP contribution in [0.3, 0.4) is 0 Å². The second-order valence-corrected chi connectivity index (χ2v) is 8.01. The van der Waals surface area contributed by atoms with Gasteiger partial charge in [0.2, 0.25) is 17.7 Å². The van der Waals surface area contributed by atoms with Crippen LogP contribution in [0.2, 0.25) is 0 Å². The monoisotopic (exact) mass is 426 g/mol. The van der Waals surface area contributed by atoms with E-state index in [0.29, 0.717) is 32.7 Å². The molecule has 0 unspecified atom stereocenters. The molecule has 2 saturated heterocycles. The molecule has 0 saturated carbocycles. The molecule has 0 N–H and O–H groups in total. The number of ether oxygens (including phenoxy) is 1. The fraction of sp³-hybridized carbons (Fsp3) is 0.565. The van der Waals surface area contributed by atoms with E-state index in [2.05, 4.69) is 6.92 Å². The molecule has 1 aromatic carbocycles. The first-order valence-electron chi connectivity index (χ1n) is 10.9. The van der Waals surface area contributed by atoms with Gasteiger partial charge >= 0.3 is 0 Å². The highest BCUT2D eigenvalue weighted by atomic mass is 16.5. The fourth-order valence-electron chi connectivity index (χ4n) is 4.41. The van der Waals surface area contributed by atoms with E-state index < -0.39 is 5.92 Å². The molecule has 0 spiro atoms. The van der Waals surface area contributed by atoms with Gasteiger partial charge in [-0.15, -0.1) is 0 Å². The van der Waals surface area contributed by atoms with Crippen LogP contribution in [-0.2, 0) is 14.4 Å². The summed E-state index contributed by atoms with van der Waals surface area (Å²) in [5, 5.41) is 8.73. The van der Waals surface area contributed by atoms with Crippen molar-refractivity contribution in [3.8, 4) is 11.8 Å². The highest BCUT2D eigenvalue weighted by Gasteiger charge is 2.45. The molecular formula is C23H30N4O4. The van der Waals surface area contributed by atoms with Crippen molar-refractivity contribution in [2.24, 2.45) is 5.92 Å². The van der Waals surface area contributed by atoms with Crippen molar-refractivity contribution in [3.05, 3.63) is 29.8 Å². The summed E-state index contributed by atoms with van der Waals surface area (Å²) in [6.07, 6.45) is 1.92. The Hall–Kier alpha value is -3.08. The summed E-state index contributed by atoms with van der Waals surface area (Å²) < 4.78 is 5.25. The minimum Gasteiger partial charge on any atom is -0.497 e. The summed E-state index contributed by atoms with van der Waals surface area (Å²) in [5.41, 5.74) is 0.934. The van der Waals surface area contributed by atoms with E-state index in [-0.39, 0.29) is 36.6 Å². The second-order valence-electron chi connectivity index (χ2n) is 8.01. The van der Waals surface area contributed by atoms with Crippen LogP contribution in [-0.4, -0.2) is 72.3 Å². The van der Waals surface area contributed by atoms with Crippen molar-refractivity contribution in [3.63, 3.8) is 0 Å². The lowest BCUT2D eigenvalue weighted by Crippen LogP contribution is -2.52. The lowest BCUT2D eigenvalue weighted by molar-refractivity contribution is -0.142. The molecule has 2 atom stereocenters. The van der Waals surface area contributed by atoms with Gasteiger partial charge < -0.3 is 19.4 Å². The van der Waals surface area contributed by atoms with Crippen LogP contribution in [0.5, 0.6) is 5.75 Å². The number of nitrogens with zero attached hydrogens (tertiary/aromatic N) is 4. The van der Waals surface area contributed by atoms with Gasteiger partial charge in [0.25, 0.3) is 0 Å². The number of rotatable bonds is 7. The normalized spacial score (nSPS) is 21.2. The standard InChI is InChI=1S/C23H30N4O4/c1-3-4-11-27-21(29)16-19(22(27)17-5-7-18(31-2)8-6-17)23(30)26-14-12-25(13-15-26)20(28)9-10-24/h5-8,19,22H,3-4,9,11-16H2,1-2H3/t19-,22+/m0/s1. The SMILES string of the molecule is CCCCN1C(=O)C[C@H](C(=O)N2CCN(C(=O)CC#N)CC2)[C@H]1c1ccc(OC)cc1. The van der Waals surface area contributed by atoms with E-state index in [1.807, 2.05) is 35.2 Å². The van der Waals surface area contributed by atoms with E-state index in [1.54, 1.807) is 16.9 Å². The summed E-state index contributed by atoms with van der Waals surface area (Å²) in [6.45, 7) is 4.39. The predicted octanol–water partition coefficient (Wildman–Crippen LogP) is 1.97. The molecule has 2 fully saturated rings. The van der Waals surface area contributed by atoms with Gasteiger partial charge in [-0.2, -0.15) is 5.26 Å². The van der Waals surface area contributed by atoms with Gasteiger partial charge in [-0.1, -0.05) is 25.5 Å². The summed E-state index contributed by atoms with van der Waals surface area (Å²) >= 11 is 0. The average Bonchev–Trinajstić information content (AvgIpc) is 3.13. The average molecular weight is 427 g/mol. The third-order valence-electron chi connectivity index (χ3n) is 6.13. The Morgan fingerprint density at radius 2 is 1.77 bits per heavy atom. The van der Waals surface area contributed by atoms with E-state index >= 15 is 0 Å². The summed E-state index contributed by atoms with van der Waals surface area (Å²) in [5.74, 6) is 0.0526.